The zero-order valence-corrected chi connectivity index (χ0v) is 25.1. The maximum absolute atomic E-state index is 12.5. The van der Waals surface area contributed by atoms with Gasteiger partial charge in [0.05, 0.1) is 33.5 Å². The second-order valence-corrected chi connectivity index (χ2v) is 14.8. The fourth-order valence-electron chi connectivity index (χ4n) is 11.4. The molecule has 8 unspecified atom stereocenters. The van der Waals surface area contributed by atoms with Crippen molar-refractivity contribution in [3.8, 4) is 23.0 Å². The highest BCUT2D eigenvalue weighted by atomic mass is 16.5. The number of phenols is 2. The Hall–Kier alpha value is -3.18. The van der Waals surface area contributed by atoms with Crippen LogP contribution in [-0.4, -0.2) is 104 Å². The minimum atomic E-state index is -1.00. The molecule has 0 radical (unpaired) electrons. The number of aromatic hydroxyl groups is 2. The summed E-state index contributed by atoms with van der Waals surface area (Å²) in [6, 6.07) is 7.31. The van der Waals surface area contributed by atoms with Crippen molar-refractivity contribution in [3.05, 3.63) is 46.5 Å². The lowest BCUT2D eigenvalue weighted by molar-refractivity contribution is -0.161. The van der Waals surface area contributed by atoms with Crippen LogP contribution in [0, 0.1) is 0 Å². The van der Waals surface area contributed by atoms with Crippen LogP contribution in [0.1, 0.15) is 60.8 Å². The van der Waals surface area contributed by atoms with Crippen molar-refractivity contribution in [2.45, 2.75) is 97.7 Å². The number of rotatable bonds is 1. The van der Waals surface area contributed by atoms with Crippen LogP contribution in [0.25, 0.3) is 0 Å². The Morgan fingerprint density at radius 1 is 0.682 bits per heavy atom. The lowest BCUT2D eigenvalue weighted by atomic mass is 9.49. The average molecular weight is 599 g/mol. The number of likely N-dealkylation sites (tertiary alicyclic amines) is 2. The average Bonchev–Trinajstić information content (AvgIpc) is 3.54. The highest BCUT2D eigenvalue weighted by Crippen LogP contribution is 2.66. The van der Waals surface area contributed by atoms with E-state index in [0.717, 1.165) is 59.6 Å². The number of phenolic OH excluding ortho intramolecular Hbond substituents is 2. The van der Waals surface area contributed by atoms with Gasteiger partial charge in [0.15, 0.2) is 35.2 Å². The molecule has 4 aliphatic carbocycles. The summed E-state index contributed by atoms with van der Waals surface area (Å²) < 4.78 is 13.2. The topological polar surface area (TPSA) is 131 Å². The number of hydrogen-bond acceptors (Lipinski definition) is 10. The molecule has 0 aromatic heterocycles. The molecule has 4 fully saturated rings. The van der Waals surface area contributed by atoms with Gasteiger partial charge in [0.1, 0.15) is 0 Å². The van der Waals surface area contributed by atoms with Crippen LogP contribution in [0.2, 0.25) is 0 Å². The Bertz CT molecular complexity index is 1620. The molecule has 4 aliphatic heterocycles. The third-order valence-corrected chi connectivity index (χ3v) is 13.4. The zero-order chi connectivity index (χ0) is 30.0. The Morgan fingerprint density at radius 3 is 1.55 bits per heavy atom. The fourth-order valence-corrected chi connectivity index (χ4v) is 11.4. The van der Waals surface area contributed by atoms with Gasteiger partial charge in [0, 0.05) is 23.2 Å². The summed E-state index contributed by atoms with van der Waals surface area (Å²) in [4.78, 5) is 4.55. The van der Waals surface area contributed by atoms with E-state index in [9.17, 15) is 20.4 Å². The van der Waals surface area contributed by atoms with Gasteiger partial charge in [-0.3, -0.25) is 0 Å². The number of aliphatic hydroxyl groups is 2. The first-order valence-electron chi connectivity index (χ1n) is 16.2. The van der Waals surface area contributed by atoms with Gasteiger partial charge in [-0.15, -0.1) is 0 Å². The van der Waals surface area contributed by atoms with Crippen molar-refractivity contribution in [2.75, 3.05) is 27.2 Å². The van der Waals surface area contributed by atoms with Crippen LogP contribution < -0.4 is 9.47 Å². The van der Waals surface area contributed by atoms with E-state index in [2.05, 4.69) is 23.9 Å². The summed E-state index contributed by atoms with van der Waals surface area (Å²) in [7, 11) is 4.18. The molecule has 4 heterocycles. The molecule has 2 aromatic carbocycles. The van der Waals surface area contributed by atoms with Crippen molar-refractivity contribution in [1.29, 1.82) is 0 Å². The van der Waals surface area contributed by atoms with Gasteiger partial charge in [0.25, 0.3) is 0 Å². The van der Waals surface area contributed by atoms with Crippen LogP contribution in [0.15, 0.2) is 34.5 Å². The smallest absolute Gasteiger partial charge is 0.166 e. The number of ether oxygens (including phenoxy) is 2. The van der Waals surface area contributed by atoms with Crippen molar-refractivity contribution >= 4 is 11.4 Å². The molecule has 10 nitrogen and oxygen atoms in total. The summed E-state index contributed by atoms with van der Waals surface area (Å²) in [5, 5.41) is 56.7. The molecular weight excluding hydrogens is 560 g/mol. The van der Waals surface area contributed by atoms with Crippen molar-refractivity contribution < 1.29 is 29.9 Å². The molecule has 2 saturated carbocycles. The Labute approximate surface area is 255 Å². The minimum absolute atomic E-state index is 0.0377. The highest BCUT2D eigenvalue weighted by Gasteiger charge is 2.74. The van der Waals surface area contributed by atoms with Crippen LogP contribution in [0.4, 0.5) is 0 Å². The molecule has 8 atom stereocenters. The van der Waals surface area contributed by atoms with Crippen molar-refractivity contribution in [2.24, 2.45) is 10.2 Å². The number of likely N-dealkylation sites (N-methyl/N-ethyl adjacent to an activating group) is 2. The Balaban J connectivity index is 1.10. The molecule has 10 rings (SSSR count). The van der Waals surface area contributed by atoms with Gasteiger partial charge < -0.3 is 39.7 Å². The lowest BCUT2D eigenvalue weighted by Crippen LogP contribution is -2.76. The SMILES string of the molecule is CN1CCC23c4c5ccc(O)c4OC2/C(=N\N=C2\CCC4(O)C6Cc7ccc(O)c8c7C4(CCN6C)C2O8)CCC3(O)C1C5. The van der Waals surface area contributed by atoms with E-state index in [1.54, 1.807) is 12.1 Å². The first-order chi connectivity index (χ1) is 21.1. The molecule has 4 bridgehead atoms. The molecule has 10 heteroatoms. The summed E-state index contributed by atoms with van der Waals surface area (Å²) in [5.41, 5.74) is 2.31. The van der Waals surface area contributed by atoms with Crippen molar-refractivity contribution in [3.63, 3.8) is 0 Å². The van der Waals surface area contributed by atoms with E-state index in [0.29, 0.717) is 50.0 Å². The molecule has 2 spiro atoms. The molecule has 2 saturated heterocycles. The van der Waals surface area contributed by atoms with Gasteiger partial charge in [-0.05, 0) is 102 Å². The number of piperidine rings is 2. The second-order valence-electron chi connectivity index (χ2n) is 14.8. The minimum Gasteiger partial charge on any atom is -0.504 e. The monoisotopic (exact) mass is 598 g/mol. The fraction of sp³-hybridized carbons (Fsp3) is 0.588. The first-order valence-corrected chi connectivity index (χ1v) is 16.2. The summed E-state index contributed by atoms with van der Waals surface area (Å²) in [6.45, 7) is 1.64. The third-order valence-electron chi connectivity index (χ3n) is 13.4. The van der Waals surface area contributed by atoms with Gasteiger partial charge in [0.2, 0.25) is 0 Å². The summed E-state index contributed by atoms with van der Waals surface area (Å²) in [6.07, 6.45) is 3.95. The third kappa shape index (κ3) is 2.61. The maximum atomic E-state index is 12.5. The number of hydrogen-bond donors (Lipinski definition) is 4. The molecule has 230 valence electrons. The molecule has 44 heavy (non-hydrogen) atoms. The van der Waals surface area contributed by atoms with Gasteiger partial charge in [-0.1, -0.05) is 12.1 Å². The summed E-state index contributed by atoms with van der Waals surface area (Å²) in [5.74, 6) is 1.17. The molecular formula is C34H38N4O6. The van der Waals surface area contributed by atoms with E-state index >= 15 is 0 Å². The van der Waals surface area contributed by atoms with Gasteiger partial charge in [-0.25, -0.2) is 0 Å². The zero-order valence-electron chi connectivity index (χ0n) is 25.1. The van der Waals surface area contributed by atoms with E-state index in [1.807, 2.05) is 12.1 Å². The normalized spacial score (nSPS) is 44.3. The predicted octanol–water partition coefficient (Wildman–Crippen LogP) is 2.16. The van der Waals surface area contributed by atoms with Gasteiger partial charge in [-0.2, -0.15) is 10.2 Å². The van der Waals surface area contributed by atoms with Crippen molar-refractivity contribution in [1.82, 2.24) is 9.80 Å². The van der Waals surface area contributed by atoms with E-state index in [4.69, 9.17) is 19.7 Å². The highest BCUT2D eigenvalue weighted by molar-refractivity contribution is 5.97. The Kier molecular flexibility index (Phi) is 4.72. The van der Waals surface area contributed by atoms with Crippen LogP contribution >= 0.6 is 0 Å². The summed E-state index contributed by atoms with van der Waals surface area (Å²) >= 11 is 0. The Morgan fingerprint density at radius 2 is 1.11 bits per heavy atom. The lowest BCUT2D eigenvalue weighted by Gasteiger charge is -2.62. The maximum Gasteiger partial charge on any atom is 0.166 e. The molecule has 2 aromatic rings. The largest absolute Gasteiger partial charge is 0.504 e. The number of nitrogens with zero attached hydrogens (tertiary/aromatic N) is 4. The standard InChI is InChI=1S/C34H38N4O6/c1-37-13-11-31-25-17-3-5-21(39)27(25)43-29(31)19(7-9-33(31,41)23(37)15-17)35-36-20-8-10-34(42)24-16-18-4-6-22(40)28-26(18)32(34,30(20)44-28)12-14-38(24)2/h3-6,23-24,29-30,39-42H,7-16H2,1-2H3/b35-19-,36-20-. The molecule has 0 amide bonds. The van der Waals surface area contributed by atoms with E-state index in [1.165, 1.54) is 0 Å². The first kappa shape index (κ1) is 26.1. The predicted molar refractivity (Wildman–Crippen MR) is 161 cm³/mol. The number of benzene rings is 2. The van der Waals surface area contributed by atoms with Gasteiger partial charge >= 0.3 is 0 Å². The van der Waals surface area contributed by atoms with Crippen LogP contribution in [-0.2, 0) is 23.7 Å². The van der Waals surface area contributed by atoms with Crippen LogP contribution in [0.5, 0.6) is 23.0 Å². The second kappa shape index (κ2) is 7.96. The van der Waals surface area contributed by atoms with Crippen LogP contribution in [0.3, 0.4) is 0 Å². The molecule has 4 N–H and O–H groups in total. The van der Waals surface area contributed by atoms with E-state index < -0.39 is 34.2 Å². The van der Waals surface area contributed by atoms with E-state index in [-0.39, 0.29) is 23.6 Å². The molecule has 8 aliphatic rings. The quantitative estimate of drug-likeness (QED) is 0.368.